The molecule has 3 heterocycles. The van der Waals surface area contributed by atoms with Gasteiger partial charge in [0.25, 0.3) is 5.56 Å². The SMILES string of the molecule is COc1cccc(-c2cn3c4c(=O)n(C)c(=O)n(C)c4nc3n2-c2cccc(C)c2)c1. The fourth-order valence-corrected chi connectivity index (χ4v) is 3.98. The summed E-state index contributed by atoms with van der Waals surface area (Å²) >= 11 is 0. The van der Waals surface area contributed by atoms with Crippen LogP contribution in [0, 0.1) is 6.92 Å². The predicted molar refractivity (Wildman–Crippen MR) is 119 cm³/mol. The first-order valence-corrected chi connectivity index (χ1v) is 9.81. The van der Waals surface area contributed by atoms with Crippen molar-refractivity contribution in [2.24, 2.45) is 14.1 Å². The smallest absolute Gasteiger partial charge is 0.332 e. The van der Waals surface area contributed by atoms with Crippen LogP contribution in [0.1, 0.15) is 5.56 Å². The quantitative estimate of drug-likeness (QED) is 0.454. The second kappa shape index (κ2) is 6.73. The number of nitrogens with zero attached hydrogens (tertiary/aromatic N) is 5. The van der Waals surface area contributed by atoms with Gasteiger partial charge in [-0.2, -0.15) is 4.98 Å². The number of rotatable bonds is 3. The summed E-state index contributed by atoms with van der Waals surface area (Å²) in [7, 11) is 4.73. The van der Waals surface area contributed by atoms with Gasteiger partial charge < -0.3 is 4.74 Å². The van der Waals surface area contributed by atoms with Crippen molar-refractivity contribution in [2.45, 2.75) is 6.92 Å². The Morgan fingerprint density at radius 3 is 2.48 bits per heavy atom. The van der Waals surface area contributed by atoms with Gasteiger partial charge in [0.05, 0.1) is 12.8 Å². The van der Waals surface area contributed by atoms with Gasteiger partial charge in [0.1, 0.15) is 5.75 Å². The normalized spacial score (nSPS) is 11.5. The van der Waals surface area contributed by atoms with Gasteiger partial charge in [-0.3, -0.25) is 22.9 Å². The van der Waals surface area contributed by atoms with Crippen LogP contribution in [0.2, 0.25) is 0 Å². The number of imidazole rings is 2. The largest absolute Gasteiger partial charge is 0.497 e. The molecule has 3 aromatic heterocycles. The third kappa shape index (κ3) is 2.72. The summed E-state index contributed by atoms with van der Waals surface area (Å²) in [5.41, 5.74) is 3.69. The lowest BCUT2D eigenvalue weighted by atomic mass is 10.1. The molecule has 0 aliphatic rings. The van der Waals surface area contributed by atoms with Gasteiger partial charge in [-0.25, -0.2) is 4.79 Å². The van der Waals surface area contributed by atoms with Crippen molar-refractivity contribution in [3.63, 3.8) is 0 Å². The van der Waals surface area contributed by atoms with Gasteiger partial charge in [0, 0.05) is 31.5 Å². The van der Waals surface area contributed by atoms with Crippen LogP contribution >= 0.6 is 0 Å². The highest BCUT2D eigenvalue weighted by atomic mass is 16.5. The highest BCUT2D eigenvalue weighted by Gasteiger charge is 2.21. The van der Waals surface area contributed by atoms with Gasteiger partial charge in [-0.1, -0.05) is 24.3 Å². The van der Waals surface area contributed by atoms with Crippen LogP contribution in [0.3, 0.4) is 0 Å². The van der Waals surface area contributed by atoms with E-state index in [4.69, 9.17) is 9.72 Å². The number of aryl methyl sites for hydroxylation is 2. The Bertz CT molecular complexity index is 1600. The van der Waals surface area contributed by atoms with Crippen molar-refractivity contribution >= 4 is 16.9 Å². The monoisotopic (exact) mass is 415 g/mol. The van der Waals surface area contributed by atoms with E-state index in [0.29, 0.717) is 16.9 Å². The zero-order chi connectivity index (χ0) is 21.9. The molecule has 0 bridgehead atoms. The molecular formula is C23H21N5O3. The lowest BCUT2D eigenvalue weighted by Gasteiger charge is -2.11. The molecule has 0 atom stereocenters. The fourth-order valence-electron chi connectivity index (χ4n) is 3.98. The second-order valence-corrected chi connectivity index (χ2v) is 7.58. The maximum atomic E-state index is 13.0. The molecule has 156 valence electrons. The Balaban J connectivity index is 1.96. The standard InChI is InChI=1S/C23H21N5O3/c1-14-7-5-9-16(11-14)28-18(15-8-6-10-17(12-15)31-4)13-27-19-20(24-22(27)28)25(2)23(30)26(3)21(19)29/h5-13H,1-4H3. The first-order valence-electron chi connectivity index (χ1n) is 9.81. The van der Waals surface area contributed by atoms with E-state index in [1.165, 1.54) is 11.6 Å². The molecule has 0 unspecified atom stereocenters. The molecule has 0 aliphatic carbocycles. The maximum absolute atomic E-state index is 13.0. The third-order valence-electron chi connectivity index (χ3n) is 5.59. The number of methoxy groups -OCH3 is 1. The molecule has 0 amide bonds. The number of ether oxygens (including phenoxy) is 1. The molecule has 31 heavy (non-hydrogen) atoms. The molecule has 5 rings (SSSR count). The molecule has 0 N–H and O–H groups in total. The van der Waals surface area contributed by atoms with Crippen LogP contribution in [0.25, 0.3) is 33.9 Å². The summed E-state index contributed by atoms with van der Waals surface area (Å²) in [5, 5.41) is 0. The lowest BCUT2D eigenvalue weighted by Crippen LogP contribution is -2.37. The molecule has 2 aromatic carbocycles. The topological polar surface area (TPSA) is 75.5 Å². The van der Waals surface area contributed by atoms with Crippen molar-refractivity contribution in [1.29, 1.82) is 0 Å². The number of hydrogen-bond acceptors (Lipinski definition) is 4. The fraction of sp³-hybridized carbons (Fsp3) is 0.174. The van der Waals surface area contributed by atoms with Crippen molar-refractivity contribution in [2.75, 3.05) is 7.11 Å². The van der Waals surface area contributed by atoms with Gasteiger partial charge in [0.2, 0.25) is 5.78 Å². The van der Waals surface area contributed by atoms with Crippen LogP contribution in [0.15, 0.2) is 64.3 Å². The average molecular weight is 415 g/mol. The Labute approximate surface area is 177 Å². The number of hydrogen-bond donors (Lipinski definition) is 0. The summed E-state index contributed by atoms with van der Waals surface area (Å²) in [6.07, 6.45) is 1.88. The summed E-state index contributed by atoms with van der Waals surface area (Å²) in [6, 6.07) is 15.8. The molecule has 5 aromatic rings. The molecule has 8 heteroatoms. The first kappa shape index (κ1) is 18.9. The van der Waals surface area contributed by atoms with Gasteiger partial charge in [0.15, 0.2) is 11.2 Å². The zero-order valence-electron chi connectivity index (χ0n) is 17.7. The molecule has 0 saturated carbocycles. The van der Waals surface area contributed by atoms with Crippen LogP contribution in [0.4, 0.5) is 0 Å². The Morgan fingerprint density at radius 1 is 0.968 bits per heavy atom. The summed E-state index contributed by atoms with van der Waals surface area (Å²) in [5.74, 6) is 1.28. The van der Waals surface area contributed by atoms with E-state index in [2.05, 4.69) is 6.07 Å². The predicted octanol–water partition coefficient (Wildman–Crippen LogP) is 2.66. The summed E-state index contributed by atoms with van der Waals surface area (Å²) in [6.45, 7) is 2.02. The van der Waals surface area contributed by atoms with Gasteiger partial charge >= 0.3 is 5.69 Å². The maximum Gasteiger partial charge on any atom is 0.332 e. The molecule has 0 aliphatic heterocycles. The van der Waals surface area contributed by atoms with Crippen molar-refractivity contribution < 1.29 is 4.74 Å². The second-order valence-electron chi connectivity index (χ2n) is 7.58. The number of aromatic nitrogens is 5. The lowest BCUT2D eigenvalue weighted by molar-refractivity contribution is 0.415. The minimum Gasteiger partial charge on any atom is -0.497 e. The molecule has 0 fully saturated rings. The summed E-state index contributed by atoms with van der Waals surface area (Å²) in [4.78, 5) is 30.1. The van der Waals surface area contributed by atoms with Crippen LogP contribution < -0.4 is 16.0 Å². The molecule has 0 spiro atoms. The molecular weight excluding hydrogens is 394 g/mol. The van der Waals surface area contributed by atoms with E-state index in [1.807, 2.05) is 60.2 Å². The van der Waals surface area contributed by atoms with E-state index in [0.717, 1.165) is 32.8 Å². The van der Waals surface area contributed by atoms with E-state index in [9.17, 15) is 9.59 Å². The van der Waals surface area contributed by atoms with E-state index in [-0.39, 0.29) is 5.56 Å². The van der Waals surface area contributed by atoms with Crippen molar-refractivity contribution in [3.8, 4) is 22.7 Å². The van der Waals surface area contributed by atoms with Crippen LogP contribution in [0.5, 0.6) is 5.75 Å². The third-order valence-corrected chi connectivity index (χ3v) is 5.59. The van der Waals surface area contributed by atoms with E-state index >= 15 is 0 Å². The highest BCUT2D eigenvalue weighted by Crippen LogP contribution is 2.30. The minimum atomic E-state index is -0.409. The number of benzene rings is 2. The molecule has 0 saturated heterocycles. The molecule has 8 nitrogen and oxygen atoms in total. The zero-order valence-corrected chi connectivity index (χ0v) is 17.7. The summed E-state index contributed by atoms with van der Waals surface area (Å²) < 4.78 is 11.7. The van der Waals surface area contributed by atoms with Crippen LogP contribution in [-0.4, -0.2) is 30.2 Å². The Hall–Kier alpha value is -4.07. The van der Waals surface area contributed by atoms with Crippen LogP contribution in [-0.2, 0) is 14.1 Å². The van der Waals surface area contributed by atoms with E-state index < -0.39 is 5.69 Å². The highest BCUT2D eigenvalue weighted by molar-refractivity contribution is 5.79. The first-order chi connectivity index (χ1) is 14.9. The Kier molecular flexibility index (Phi) is 4.11. The van der Waals surface area contributed by atoms with Gasteiger partial charge in [-0.05, 0) is 36.8 Å². The van der Waals surface area contributed by atoms with Gasteiger partial charge in [-0.15, -0.1) is 0 Å². The number of fused-ring (bicyclic) bond motifs is 3. The minimum absolute atomic E-state index is 0.349. The molecule has 0 radical (unpaired) electrons. The average Bonchev–Trinajstić information content (AvgIpc) is 3.32. The van der Waals surface area contributed by atoms with Crippen molar-refractivity contribution in [1.82, 2.24) is 23.1 Å². The Morgan fingerprint density at radius 2 is 1.74 bits per heavy atom. The van der Waals surface area contributed by atoms with Crippen molar-refractivity contribution in [3.05, 3.63) is 81.1 Å². The van der Waals surface area contributed by atoms with E-state index in [1.54, 1.807) is 18.6 Å².